The minimum atomic E-state index is -0.468. The molecule has 2 rings (SSSR count). The number of ether oxygens (including phenoxy) is 1. The summed E-state index contributed by atoms with van der Waals surface area (Å²) in [6, 6.07) is 7.87. The molecule has 0 amide bonds. The Morgan fingerprint density at radius 3 is 2.19 bits per heavy atom. The number of ketones is 1. The normalized spacial score (nSPS) is 16.0. The SMILES string of the molecule is CSc1ccc(C(=O)C(C)(C)N2CCOCC2)cc1.O=P. The molecule has 1 fully saturated rings. The molecule has 0 saturated carbocycles. The van der Waals surface area contributed by atoms with Crippen molar-refractivity contribution in [1.82, 2.24) is 4.90 Å². The van der Waals surface area contributed by atoms with E-state index in [0.29, 0.717) is 13.2 Å². The fraction of sp³-hybridized carbons (Fsp3) is 0.533. The Balaban J connectivity index is 0.00000106. The van der Waals surface area contributed by atoms with Crippen LogP contribution in [-0.2, 0) is 9.30 Å². The number of nitrogens with zero attached hydrogens (tertiary/aromatic N) is 1. The predicted molar refractivity (Wildman–Crippen MR) is 88.0 cm³/mol. The summed E-state index contributed by atoms with van der Waals surface area (Å²) in [6.07, 6.45) is 2.04. The van der Waals surface area contributed by atoms with Crippen molar-refractivity contribution in [1.29, 1.82) is 0 Å². The molecular weight excluding hydrogens is 305 g/mol. The van der Waals surface area contributed by atoms with E-state index in [1.807, 2.05) is 44.4 Å². The third-order valence-corrected chi connectivity index (χ3v) is 4.45. The quantitative estimate of drug-likeness (QED) is 0.483. The van der Waals surface area contributed by atoms with Crippen LogP contribution in [0.2, 0.25) is 0 Å². The van der Waals surface area contributed by atoms with Crippen molar-refractivity contribution in [3.63, 3.8) is 0 Å². The number of carbonyl (C=O) groups excluding carboxylic acids is 1. The van der Waals surface area contributed by atoms with Gasteiger partial charge in [0.05, 0.1) is 18.8 Å². The van der Waals surface area contributed by atoms with Gasteiger partial charge in [0.2, 0.25) is 0 Å². The predicted octanol–water partition coefficient (Wildman–Crippen LogP) is 3.18. The Labute approximate surface area is 132 Å². The van der Waals surface area contributed by atoms with Gasteiger partial charge in [0, 0.05) is 23.5 Å². The van der Waals surface area contributed by atoms with Gasteiger partial charge in [-0.25, -0.2) is 0 Å². The summed E-state index contributed by atoms with van der Waals surface area (Å²) in [5, 5.41) is 0. The first kappa shape index (κ1) is 18.3. The van der Waals surface area contributed by atoms with Crippen molar-refractivity contribution in [2.45, 2.75) is 24.3 Å². The molecule has 0 unspecified atom stereocenters. The molecule has 1 aliphatic heterocycles. The van der Waals surface area contributed by atoms with E-state index in [2.05, 4.69) is 4.90 Å². The molecule has 0 atom stereocenters. The molecule has 0 radical (unpaired) electrons. The van der Waals surface area contributed by atoms with Gasteiger partial charge in [0.15, 0.2) is 5.78 Å². The molecule has 1 aromatic carbocycles. The van der Waals surface area contributed by atoms with Gasteiger partial charge in [0.25, 0.3) is 0 Å². The number of morpholine rings is 1. The molecular formula is C15H22NO3PS. The zero-order chi connectivity index (χ0) is 15.9. The van der Waals surface area contributed by atoms with Gasteiger partial charge >= 0.3 is 0 Å². The van der Waals surface area contributed by atoms with Gasteiger partial charge in [-0.1, -0.05) is 12.1 Å². The number of carbonyl (C=O) groups is 1. The number of benzene rings is 1. The molecule has 4 nitrogen and oxygen atoms in total. The highest BCUT2D eigenvalue weighted by molar-refractivity contribution is 7.98. The van der Waals surface area contributed by atoms with Gasteiger partial charge in [-0.2, -0.15) is 0 Å². The van der Waals surface area contributed by atoms with Crippen molar-refractivity contribution in [3.05, 3.63) is 29.8 Å². The van der Waals surface area contributed by atoms with Crippen molar-refractivity contribution < 1.29 is 14.1 Å². The molecule has 6 heteroatoms. The summed E-state index contributed by atoms with van der Waals surface area (Å²) in [7, 11) is 1.72. The number of hydrogen-bond acceptors (Lipinski definition) is 5. The summed E-state index contributed by atoms with van der Waals surface area (Å²) in [6.45, 7) is 7.07. The minimum absolute atomic E-state index is 0.182. The van der Waals surface area contributed by atoms with Crippen molar-refractivity contribution in [3.8, 4) is 0 Å². The Hall–Kier alpha value is -0.740. The lowest BCUT2D eigenvalue weighted by Gasteiger charge is -2.39. The van der Waals surface area contributed by atoms with Gasteiger partial charge < -0.3 is 4.74 Å². The van der Waals surface area contributed by atoms with E-state index in [1.165, 1.54) is 4.90 Å². The zero-order valence-electron chi connectivity index (χ0n) is 12.7. The van der Waals surface area contributed by atoms with Crippen LogP contribution in [-0.4, -0.2) is 48.8 Å². The fourth-order valence-electron chi connectivity index (χ4n) is 2.36. The lowest BCUT2D eigenvalue weighted by Crippen LogP contribution is -2.54. The molecule has 0 bridgehead atoms. The van der Waals surface area contributed by atoms with E-state index < -0.39 is 5.54 Å². The van der Waals surface area contributed by atoms with Gasteiger partial charge in [-0.3, -0.25) is 14.3 Å². The monoisotopic (exact) mass is 327 g/mol. The standard InChI is InChI=1S/C15H21NO2S.HOP/c1-15(2,16-8-10-18-11-9-16)14(17)12-4-6-13(19-3)7-5-12;1-2/h4-7H,8-11H2,1-3H3;2H. The summed E-state index contributed by atoms with van der Waals surface area (Å²) < 4.78 is 13.4. The maximum atomic E-state index is 12.7. The van der Waals surface area contributed by atoms with E-state index in [-0.39, 0.29) is 5.78 Å². The largest absolute Gasteiger partial charge is 0.379 e. The smallest absolute Gasteiger partial charge is 0.182 e. The highest BCUT2D eigenvalue weighted by Crippen LogP contribution is 2.23. The molecule has 1 saturated heterocycles. The van der Waals surface area contributed by atoms with Crippen LogP contribution < -0.4 is 0 Å². The zero-order valence-corrected chi connectivity index (χ0v) is 14.5. The van der Waals surface area contributed by atoms with Crippen LogP contribution in [0.25, 0.3) is 0 Å². The Morgan fingerprint density at radius 1 is 1.19 bits per heavy atom. The van der Waals surface area contributed by atoms with E-state index in [1.54, 1.807) is 20.9 Å². The van der Waals surface area contributed by atoms with E-state index >= 15 is 0 Å². The van der Waals surface area contributed by atoms with Gasteiger partial charge in [-0.05, 0) is 32.2 Å². The fourth-order valence-corrected chi connectivity index (χ4v) is 2.77. The molecule has 21 heavy (non-hydrogen) atoms. The summed E-state index contributed by atoms with van der Waals surface area (Å²) in [5.41, 5.74) is 0.319. The molecule has 0 aromatic heterocycles. The van der Waals surface area contributed by atoms with Crippen LogP contribution in [0.4, 0.5) is 0 Å². The van der Waals surface area contributed by atoms with Crippen LogP contribution in [0.15, 0.2) is 29.2 Å². The first-order valence-electron chi connectivity index (χ1n) is 6.78. The van der Waals surface area contributed by atoms with Gasteiger partial charge in [-0.15, -0.1) is 11.8 Å². The number of thioether (sulfide) groups is 1. The number of hydrogen-bond donors (Lipinski definition) is 0. The molecule has 0 aliphatic carbocycles. The average Bonchev–Trinajstić information content (AvgIpc) is 2.57. The number of Topliss-reactive ketones (excluding diaryl/α,β-unsaturated/α-hetero) is 1. The molecule has 1 aliphatic rings. The minimum Gasteiger partial charge on any atom is -0.379 e. The van der Waals surface area contributed by atoms with Crippen LogP contribution in [0.1, 0.15) is 24.2 Å². The summed E-state index contributed by atoms with van der Waals surface area (Å²) in [5.74, 6) is 0.182. The Kier molecular flexibility index (Phi) is 7.53. The third kappa shape index (κ3) is 4.62. The second-order valence-electron chi connectivity index (χ2n) is 5.22. The average molecular weight is 327 g/mol. The topological polar surface area (TPSA) is 46.6 Å². The molecule has 1 heterocycles. The van der Waals surface area contributed by atoms with Crippen LogP contribution in [0.5, 0.6) is 0 Å². The van der Waals surface area contributed by atoms with Crippen molar-refractivity contribution in [2.75, 3.05) is 32.6 Å². The summed E-state index contributed by atoms with van der Waals surface area (Å²) >= 11 is 1.69. The Morgan fingerprint density at radius 2 is 1.71 bits per heavy atom. The second kappa shape index (κ2) is 8.64. The Bertz CT molecular complexity index is 458. The lowest BCUT2D eigenvalue weighted by molar-refractivity contribution is -0.00430. The maximum absolute atomic E-state index is 12.7. The van der Waals surface area contributed by atoms with Crippen molar-refractivity contribution >= 4 is 26.7 Å². The van der Waals surface area contributed by atoms with E-state index in [4.69, 9.17) is 9.30 Å². The lowest BCUT2D eigenvalue weighted by atomic mass is 9.91. The third-order valence-electron chi connectivity index (χ3n) is 3.71. The first-order chi connectivity index (χ1) is 10.1. The van der Waals surface area contributed by atoms with E-state index in [9.17, 15) is 4.79 Å². The van der Waals surface area contributed by atoms with Crippen LogP contribution in [0.3, 0.4) is 0 Å². The first-order valence-corrected chi connectivity index (χ1v) is 8.41. The highest BCUT2D eigenvalue weighted by atomic mass is 32.2. The van der Waals surface area contributed by atoms with Crippen LogP contribution >= 0.6 is 20.9 Å². The molecule has 116 valence electrons. The van der Waals surface area contributed by atoms with Crippen LogP contribution in [0, 0.1) is 0 Å². The molecule has 1 aromatic rings. The maximum Gasteiger partial charge on any atom is 0.182 e. The molecule has 0 spiro atoms. The summed E-state index contributed by atoms with van der Waals surface area (Å²) in [4.78, 5) is 16.1. The van der Waals surface area contributed by atoms with E-state index in [0.717, 1.165) is 18.7 Å². The molecule has 0 N–H and O–H groups in total. The highest BCUT2D eigenvalue weighted by Gasteiger charge is 2.35. The van der Waals surface area contributed by atoms with Crippen molar-refractivity contribution in [2.24, 2.45) is 0 Å². The van der Waals surface area contributed by atoms with Gasteiger partial charge in [0.1, 0.15) is 9.12 Å². The second-order valence-corrected chi connectivity index (χ2v) is 6.10. The number of rotatable bonds is 4.